The van der Waals surface area contributed by atoms with Gasteiger partial charge in [-0.1, -0.05) is 12.1 Å². The molecule has 0 aliphatic carbocycles. The SMILES string of the molecule is COc1cc(C=C2N=C(c3cccc([N+](=O)[O-])c3)OC2=O)ccc1OC(C)C. The van der Waals surface area contributed by atoms with Crippen molar-refractivity contribution in [2.45, 2.75) is 20.0 Å². The molecule has 0 saturated heterocycles. The Morgan fingerprint density at radius 1 is 1.18 bits per heavy atom. The molecule has 0 bridgehead atoms. The molecular formula is C20H18N2O6. The summed E-state index contributed by atoms with van der Waals surface area (Å²) >= 11 is 0. The summed E-state index contributed by atoms with van der Waals surface area (Å²) in [6.07, 6.45) is 1.54. The van der Waals surface area contributed by atoms with E-state index in [1.54, 1.807) is 30.3 Å². The highest BCUT2D eigenvalue weighted by Crippen LogP contribution is 2.30. The molecule has 144 valence electrons. The van der Waals surface area contributed by atoms with Crippen molar-refractivity contribution in [2.75, 3.05) is 7.11 Å². The van der Waals surface area contributed by atoms with Gasteiger partial charge in [0.05, 0.1) is 18.1 Å². The molecule has 0 radical (unpaired) electrons. The largest absolute Gasteiger partial charge is 0.493 e. The van der Waals surface area contributed by atoms with E-state index >= 15 is 0 Å². The molecule has 3 rings (SSSR count). The number of nitrogens with zero attached hydrogens (tertiary/aromatic N) is 2. The zero-order chi connectivity index (χ0) is 20.3. The maximum absolute atomic E-state index is 12.2. The number of esters is 1. The van der Waals surface area contributed by atoms with Gasteiger partial charge in [-0.05, 0) is 43.7 Å². The number of carbonyl (C=O) groups is 1. The summed E-state index contributed by atoms with van der Waals surface area (Å²) in [6.45, 7) is 3.82. The van der Waals surface area contributed by atoms with E-state index in [4.69, 9.17) is 14.2 Å². The smallest absolute Gasteiger partial charge is 0.363 e. The van der Waals surface area contributed by atoms with Gasteiger partial charge < -0.3 is 14.2 Å². The molecule has 8 heteroatoms. The number of methoxy groups -OCH3 is 1. The lowest BCUT2D eigenvalue weighted by atomic mass is 10.1. The van der Waals surface area contributed by atoms with Gasteiger partial charge in [0.15, 0.2) is 17.2 Å². The molecule has 0 unspecified atom stereocenters. The van der Waals surface area contributed by atoms with Crippen molar-refractivity contribution < 1.29 is 23.9 Å². The summed E-state index contributed by atoms with van der Waals surface area (Å²) in [5, 5.41) is 10.9. The first-order chi connectivity index (χ1) is 13.4. The van der Waals surface area contributed by atoms with Gasteiger partial charge in [-0.15, -0.1) is 0 Å². The zero-order valence-electron chi connectivity index (χ0n) is 15.5. The van der Waals surface area contributed by atoms with Crippen molar-refractivity contribution in [2.24, 2.45) is 4.99 Å². The number of nitro benzene ring substituents is 1. The van der Waals surface area contributed by atoms with Crippen molar-refractivity contribution in [3.8, 4) is 11.5 Å². The van der Waals surface area contributed by atoms with E-state index in [1.165, 1.54) is 25.3 Å². The predicted molar refractivity (Wildman–Crippen MR) is 102 cm³/mol. The summed E-state index contributed by atoms with van der Waals surface area (Å²) in [5.41, 5.74) is 0.994. The second kappa shape index (κ2) is 7.91. The van der Waals surface area contributed by atoms with E-state index in [0.29, 0.717) is 22.6 Å². The molecule has 1 aliphatic heterocycles. The van der Waals surface area contributed by atoms with Crippen LogP contribution in [-0.2, 0) is 9.53 Å². The minimum Gasteiger partial charge on any atom is -0.493 e. The van der Waals surface area contributed by atoms with Crippen LogP contribution in [-0.4, -0.2) is 30.0 Å². The van der Waals surface area contributed by atoms with Gasteiger partial charge >= 0.3 is 5.97 Å². The molecule has 0 N–H and O–H groups in total. The molecular weight excluding hydrogens is 364 g/mol. The number of non-ortho nitro benzene ring substituents is 1. The number of nitro groups is 1. The molecule has 2 aromatic rings. The molecule has 0 fully saturated rings. The predicted octanol–water partition coefficient (Wildman–Crippen LogP) is 3.74. The summed E-state index contributed by atoms with van der Waals surface area (Å²) in [7, 11) is 1.53. The van der Waals surface area contributed by atoms with Crippen LogP contribution in [0.5, 0.6) is 11.5 Å². The highest BCUT2D eigenvalue weighted by atomic mass is 16.6. The van der Waals surface area contributed by atoms with Gasteiger partial charge in [0.2, 0.25) is 5.90 Å². The Morgan fingerprint density at radius 2 is 1.96 bits per heavy atom. The second-order valence-electron chi connectivity index (χ2n) is 6.22. The van der Waals surface area contributed by atoms with Gasteiger partial charge in [0.1, 0.15) is 0 Å². The van der Waals surface area contributed by atoms with E-state index in [-0.39, 0.29) is 23.4 Å². The van der Waals surface area contributed by atoms with Crippen LogP contribution in [0.25, 0.3) is 6.08 Å². The Balaban J connectivity index is 1.91. The van der Waals surface area contributed by atoms with Crippen molar-refractivity contribution >= 4 is 23.6 Å². The molecule has 28 heavy (non-hydrogen) atoms. The third kappa shape index (κ3) is 4.17. The lowest BCUT2D eigenvalue weighted by Crippen LogP contribution is -2.06. The Labute approximate surface area is 161 Å². The summed E-state index contributed by atoms with van der Waals surface area (Å²) < 4.78 is 16.2. The van der Waals surface area contributed by atoms with Gasteiger partial charge in [0, 0.05) is 17.7 Å². The van der Waals surface area contributed by atoms with Crippen molar-refractivity contribution in [1.82, 2.24) is 0 Å². The van der Waals surface area contributed by atoms with Crippen LogP contribution in [0.2, 0.25) is 0 Å². The van der Waals surface area contributed by atoms with Gasteiger partial charge in [-0.2, -0.15) is 0 Å². The van der Waals surface area contributed by atoms with Crippen molar-refractivity contribution in [3.05, 3.63) is 69.4 Å². The van der Waals surface area contributed by atoms with Crippen molar-refractivity contribution in [3.63, 3.8) is 0 Å². The minimum absolute atomic E-state index is 0.00926. The molecule has 2 aromatic carbocycles. The van der Waals surface area contributed by atoms with E-state index < -0.39 is 10.9 Å². The van der Waals surface area contributed by atoms with Gasteiger partial charge in [0.25, 0.3) is 5.69 Å². The third-order valence-corrected chi connectivity index (χ3v) is 3.78. The van der Waals surface area contributed by atoms with E-state index in [1.807, 2.05) is 13.8 Å². The van der Waals surface area contributed by atoms with Crippen LogP contribution in [0.4, 0.5) is 5.69 Å². The quantitative estimate of drug-likeness (QED) is 0.327. The first-order valence-corrected chi connectivity index (χ1v) is 8.49. The number of benzene rings is 2. The molecule has 1 aliphatic rings. The summed E-state index contributed by atoms with van der Waals surface area (Å²) in [6, 6.07) is 11.0. The topological polar surface area (TPSA) is 100 Å². The summed E-state index contributed by atoms with van der Waals surface area (Å²) in [5.74, 6) is 0.501. The average Bonchev–Trinajstić information content (AvgIpc) is 3.03. The van der Waals surface area contributed by atoms with Gasteiger partial charge in [-0.25, -0.2) is 9.79 Å². The Kier molecular flexibility index (Phi) is 5.39. The highest BCUT2D eigenvalue weighted by Gasteiger charge is 2.25. The zero-order valence-corrected chi connectivity index (χ0v) is 15.5. The lowest BCUT2D eigenvalue weighted by Gasteiger charge is -2.13. The van der Waals surface area contributed by atoms with Crippen LogP contribution in [0, 0.1) is 10.1 Å². The minimum atomic E-state index is -0.636. The summed E-state index contributed by atoms with van der Waals surface area (Å²) in [4.78, 5) is 26.7. The Morgan fingerprint density at radius 3 is 2.64 bits per heavy atom. The number of cyclic esters (lactones) is 1. The van der Waals surface area contributed by atoms with E-state index in [2.05, 4.69) is 4.99 Å². The van der Waals surface area contributed by atoms with Gasteiger partial charge in [-0.3, -0.25) is 10.1 Å². The molecule has 0 atom stereocenters. The Hall–Kier alpha value is -3.68. The monoisotopic (exact) mass is 382 g/mol. The molecule has 8 nitrogen and oxygen atoms in total. The fourth-order valence-electron chi connectivity index (χ4n) is 2.57. The highest BCUT2D eigenvalue weighted by molar-refractivity contribution is 6.13. The van der Waals surface area contributed by atoms with Crippen LogP contribution in [0.1, 0.15) is 25.0 Å². The second-order valence-corrected chi connectivity index (χ2v) is 6.22. The number of carbonyl (C=O) groups excluding carboxylic acids is 1. The van der Waals surface area contributed by atoms with Crippen LogP contribution < -0.4 is 9.47 Å². The normalized spacial score (nSPS) is 14.8. The Bertz CT molecular complexity index is 994. The fourth-order valence-corrected chi connectivity index (χ4v) is 2.57. The van der Waals surface area contributed by atoms with Crippen LogP contribution >= 0.6 is 0 Å². The molecule has 0 amide bonds. The maximum Gasteiger partial charge on any atom is 0.363 e. The standard InChI is InChI=1S/C20H18N2O6/c1-12(2)27-17-8-7-13(10-18(17)26-3)9-16-20(23)28-19(21-16)14-5-4-6-15(11-14)22(24)25/h4-12H,1-3H3. The molecule has 1 heterocycles. The molecule has 0 aromatic heterocycles. The van der Waals surface area contributed by atoms with E-state index in [9.17, 15) is 14.9 Å². The first-order valence-electron chi connectivity index (χ1n) is 8.49. The number of hydrogen-bond acceptors (Lipinski definition) is 7. The fraction of sp³-hybridized carbons (Fsp3) is 0.200. The number of rotatable bonds is 6. The molecule has 0 saturated carbocycles. The van der Waals surface area contributed by atoms with E-state index in [0.717, 1.165) is 0 Å². The third-order valence-electron chi connectivity index (χ3n) is 3.78. The van der Waals surface area contributed by atoms with Crippen LogP contribution in [0.3, 0.4) is 0 Å². The molecule has 0 spiro atoms. The van der Waals surface area contributed by atoms with Crippen LogP contribution in [0.15, 0.2) is 53.2 Å². The number of aliphatic imine (C=N–C) groups is 1. The average molecular weight is 382 g/mol. The first kappa shape index (κ1) is 19.1. The number of hydrogen-bond donors (Lipinski definition) is 0. The maximum atomic E-state index is 12.2. The lowest BCUT2D eigenvalue weighted by molar-refractivity contribution is -0.384. The van der Waals surface area contributed by atoms with Crippen molar-refractivity contribution in [1.29, 1.82) is 0 Å². The number of ether oxygens (including phenoxy) is 3.